The third-order valence-corrected chi connectivity index (χ3v) is 5.68. The van der Waals surface area contributed by atoms with Crippen LogP contribution in [-0.4, -0.2) is 28.3 Å². The van der Waals surface area contributed by atoms with Gasteiger partial charge < -0.3 is 15.4 Å². The van der Waals surface area contributed by atoms with Gasteiger partial charge in [-0.3, -0.25) is 14.0 Å². The normalized spacial score (nSPS) is 11.8. The fourth-order valence-corrected chi connectivity index (χ4v) is 4.13. The largest absolute Gasteiger partial charge is 0.497 e. The molecule has 4 rings (SSSR count). The van der Waals surface area contributed by atoms with Gasteiger partial charge in [0, 0.05) is 24.1 Å². The highest BCUT2D eigenvalue weighted by molar-refractivity contribution is 7.15. The number of hydrogen-bond acceptors (Lipinski definition) is 5. The lowest BCUT2D eigenvalue weighted by molar-refractivity contribution is -0.120. The molecule has 0 saturated carbocycles. The Balaban J connectivity index is 1.60. The van der Waals surface area contributed by atoms with Crippen LogP contribution >= 0.6 is 11.3 Å². The molecule has 0 aliphatic heterocycles. The average molecular weight is 453 g/mol. The summed E-state index contributed by atoms with van der Waals surface area (Å²) in [6.07, 6.45) is 1.83. The third-order valence-electron chi connectivity index (χ3n) is 4.92. The van der Waals surface area contributed by atoms with Crippen molar-refractivity contribution in [2.75, 3.05) is 12.4 Å². The number of imidazole rings is 1. The number of benzene rings is 2. The summed E-state index contributed by atoms with van der Waals surface area (Å²) < 4.78 is 20.3. The van der Waals surface area contributed by atoms with E-state index in [0.717, 1.165) is 5.56 Å². The Morgan fingerprint density at radius 3 is 2.53 bits per heavy atom. The maximum Gasteiger partial charge on any atom is 0.227 e. The zero-order chi connectivity index (χ0) is 22.7. The van der Waals surface area contributed by atoms with Crippen LogP contribution in [0.5, 0.6) is 5.75 Å². The number of carbonyl (C=O) groups is 2. The second-order valence-electron chi connectivity index (χ2n) is 7.15. The van der Waals surface area contributed by atoms with E-state index in [1.807, 2.05) is 23.7 Å². The molecule has 32 heavy (non-hydrogen) atoms. The predicted molar refractivity (Wildman–Crippen MR) is 121 cm³/mol. The summed E-state index contributed by atoms with van der Waals surface area (Å²) in [7, 11) is 1.57. The van der Waals surface area contributed by atoms with Gasteiger partial charge >= 0.3 is 0 Å². The second-order valence-corrected chi connectivity index (χ2v) is 8.02. The first-order chi connectivity index (χ1) is 15.4. The van der Waals surface area contributed by atoms with Crippen molar-refractivity contribution in [3.05, 3.63) is 71.5 Å². The zero-order valence-corrected chi connectivity index (χ0v) is 18.3. The molecule has 9 heteroatoms. The number of nitrogens with zero attached hydrogens (tertiary/aromatic N) is 2. The van der Waals surface area contributed by atoms with Crippen LogP contribution in [0.25, 0.3) is 16.2 Å². The molecule has 7 nitrogen and oxygen atoms in total. The molecule has 0 aliphatic rings. The van der Waals surface area contributed by atoms with Crippen molar-refractivity contribution in [2.45, 2.75) is 19.4 Å². The average Bonchev–Trinajstić information content (AvgIpc) is 3.36. The number of rotatable bonds is 7. The van der Waals surface area contributed by atoms with E-state index < -0.39 is 6.04 Å². The first-order valence-electron chi connectivity index (χ1n) is 9.87. The molecular weight excluding hydrogens is 431 g/mol. The summed E-state index contributed by atoms with van der Waals surface area (Å²) in [5.41, 5.74) is 2.01. The SMILES string of the molecule is COc1ccc(C(CC(=O)Nc2c(-c3ccc(F)cc3)nc3sccn23)NC(C)=O)cc1. The second kappa shape index (κ2) is 9.19. The molecule has 0 aliphatic carbocycles. The lowest BCUT2D eigenvalue weighted by Gasteiger charge is -2.18. The Morgan fingerprint density at radius 2 is 1.88 bits per heavy atom. The number of aromatic nitrogens is 2. The highest BCUT2D eigenvalue weighted by Gasteiger charge is 2.21. The van der Waals surface area contributed by atoms with Gasteiger partial charge in [0.15, 0.2) is 4.96 Å². The van der Waals surface area contributed by atoms with Crippen LogP contribution in [0.2, 0.25) is 0 Å². The molecule has 0 spiro atoms. The number of hydrogen-bond donors (Lipinski definition) is 2. The van der Waals surface area contributed by atoms with Gasteiger partial charge in [0.1, 0.15) is 23.1 Å². The monoisotopic (exact) mass is 452 g/mol. The number of fused-ring (bicyclic) bond motifs is 1. The molecule has 1 unspecified atom stereocenters. The molecule has 2 N–H and O–H groups in total. The number of anilines is 1. The van der Waals surface area contributed by atoms with Crippen LogP contribution in [-0.2, 0) is 9.59 Å². The van der Waals surface area contributed by atoms with E-state index in [1.165, 1.54) is 30.4 Å². The Hall–Kier alpha value is -3.72. The van der Waals surface area contributed by atoms with E-state index in [0.29, 0.717) is 27.8 Å². The highest BCUT2D eigenvalue weighted by Crippen LogP contribution is 2.31. The number of methoxy groups -OCH3 is 1. The van der Waals surface area contributed by atoms with Gasteiger partial charge in [0.05, 0.1) is 19.6 Å². The molecule has 2 heterocycles. The van der Waals surface area contributed by atoms with Crippen LogP contribution in [0.1, 0.15) is 24.9 Å². The molecule has 0 radical (unpaired) electrons. The summed E-state index contributed by atoms with van der Waals surface area (Å²) in [5.74, 6) is 0.293. The number of amides is 2. The molecule has 2 aromatic carbocycles. The van der Waals surface area contributed by atoms with Crippen LogP contribution in [0.4, 0.5) is 10.2 Å². The van der Waals surface area contributed by atoms with Gasteiger partial charge in [-0.15, -0.1) is 11.3 Å². The first-order valence-corrected chi connectivity index (χ1v) is 10.7. The van der Waals surface area contributed by atoms with E-state index in [1.54, 1.807) is 35.8 Å². The zero-order valence-electron chi connectivity index (χ0n) is 17.5. The molecule has 1 atom stereocenters. The lowest BCUT2D eigenvalue weighted by Crippen LogP contribution is -2.30. The maximum absolute atomic E-state index is 13.4. The highest BCUT2D eigenvalue weighted by atomic mass is 32.1. The molecule has 164 valence electrons. The lowest BCUT2D eigenvalue weighted by atomic mass is 10.0. The summed E-state index contributed by atoms with van der Waals surface area (Å²) in [4.78, 5) is 30.1. The Kier molecular flexibility index (Phi) is 6.18. The third kappa shape index (κ3) is 4.62. The van der Waals surface area contributed by atoms with E-state index in [4.69, 9.17) is 4.74 Å². The van der Waals surface area contributed by atoms with Crippen molar-refractivity contribution in [2.24, 2.45) is 0 Å². The molecule has 2 aromatic heterocycles. The van der Waals surface area contributed by atoms with Crippen LogP contribution < -0.4 is 15.4 Å². The summed E-state index contributed by atoms with van der Waals surface area (Å²) in [5, 5.41) is 7.62. The Bertz CT molecular complexity index is 1250. The minimum atomic E-state index is -0.515. The van der Waals surface area contributed by atoms with Crippen molar-refractivity contribution < 1.29 is 18.7 Å². The fourth-order valence-electron chi connectivity index (χ4n) is 3.42. The van der Waals surface area contributed by atoms with E-state index >= 15 is 0 Å². The minimum absolute atomic E-state index is 0.0200. The van der Waals surface area contributed by atoms with Crippen molar-refractivity contribution in [3.63, 3.8) is 0 Å². The predicted octanol–water partition coefficient (Wildman–Crippen LogP) is 4.42. The molecular formula is C23H21FN4O3S. The van der Waals surface area contributed by atoms with Crippen molar-refractivity contribution in [3.8, 4) is 17.0 Å². The number of carbonyl (C=O) groups excluding carboxylic acids is 2. The van der Waals surface area contributed by atoms with Gasteiger partial charge in [-0.25, -0.2) is 9.37 Å². The van der Waals surface area contributed by atoms with E-state index in [9.17, 15) is 14.0 Å². The summed E-state index contributed by atoms with van der Waals surface area (Å²) in [6.45, 7) is 1.41. The molecule has 0 saturated heterocycles. The van der Waals surface area contributed by atoms with Crippen molar-refractivity contribution in [1.82, 2.24) is 14.7 Å². The smallest absolute Gasteiger partial charge is 0.227 e. The Morgan fingerprint density at radius 1 is 1.16 bits per heavy atom. The number of ether oxygens (including phenoxy) is 1. The minimum Gasteiger partial charge on any atom is -0.497 e. The van der Waals surface area contributed by atoms with Crippen LogP contribution in [0, 0.1) is 5.82 Å². The van der Waals surface area contributed by atoms with Gasteiger partial charge in [-0.05, 0) is 42.0 Å². The molecule has 2 amide bonds. The topological polar surface area (TPSA) is 84.7 Å². The first kappa shape index (κ1) is 21.5. The van der Waals surface area contributed by atoms with Gasteiger partial charge in [-0.1, -0.05) is 12.1 Å². The van der Waals surface area contributed by atoms with E-state index in [-0.39, 0.29) is 24.1 Å². The maximum atomic E-state index is 13.4. The van der Waals surface area contributed by atoms with E-state index in [2.05, 4.69) is 15.6 Å². The standard InChI is InChI=1S/C23H21FN4O3S/c1-14(29)25-19(15-5-9-18(31-2)10-6-15)13-20(30)26-22-21(16-3-7-17(24)8-4-16)27-23-28(22)11-12-32-23/h3-12,19H,13H2,1-2H3,(H,25,29)(H,26,30). The van der Waals surface area contributed by atoms with Crippen LogP contribution in [0.15, 0.2) is 60.1 Å². The number of halogens is 1. The molecule has 0 fully saturated rings. The van der Waals surface area contributed by atoms with Gasteiger partial charge in [-0.2, -0.15) is 0 Å². The summed E-state index contributed by atoms with van der Waals surface area (Å²) in [6, 6.07) is 12.6. The van der Waals surface area contributed by atoms with Gasteiger partial charge in [0.25, 0.3) is 0 Å². The molecule has 0 bridgehead atoms. The number of thiazole rings is 1. The Labute approximate surface area is 187 Å². The number of nitrogens with one attached hydrogen (secondary N) is 2. The quantitative estimate of drug-likeness (QED) is 0.435. The molecule has 4 aromatic rings. The van der Waals surface area contributed by atoms with Crippen LogP contribution in [0.3, 0.4) is 0 Å². The fraction of sp³-hybridized carbons (Fsp3) is 0.174. The summed E-state index contributed by atoms with van der Waals surface area (Å²) >= 11 is 1.43. The van der Waals surface area contributed by atoms with Crippen molar-refractivity contribution in [1.29, 1.82) is 0 Å². The van der Waals surface area contributed by atoms with Gasteiger partial charge in [0.2, 0.25) is 11.8 Å². The van der Waals surface area contributed by atoms with Crippen molar-refractivity contribution >= 4 is 33.9 Å².